The van der Waals surface area contributed by atoms with E-state index in [0.717, 1.165) is 0 Å². The lowest BCUT2D eigenvalue weighted by Crippen LogP contribution is -2.25. The van der Waals surface area contributed by atoms with Crippen LogP contribution in [-0.4, -0.2) is 21.6 Å². The molecule has 0 saturated heterocycles. The molecule has 0 saturated carbocycles. The predicted octanol–water partition coefficient (Wildman–Crippen LogP) is 2.56. The van der Waals surface area contributed by atoms with Crippen LogP contribution in [0.3, 0.4) is 0 Å². The van der Waals surface area contributed by atoms with Crippen molar-refractivity contribution in [1.29, 1.82) is 0 Å². The summed E-state index contributed by atoms with van der Waals surface area (Å²) in [6.45, 7) is 0. The van der Waals surface area contributed by atoms with Gasteiger partial charge < -0.3 is 10.2 Å². The van der Waals surface area contributed by atoms with Crippen LogP contribution in [0.15, 0.2) is 66.5 Å². The molecule has 1 atom stereocenters. The number of carbonyl (C=O) groups excluding carboxylic acids is 1. The van der Waals surface area contributed by atoms with Crippen LogP contribution in [0.25, 0.3) is 0 Å². The molecule has 18 heavy (non-hydrogen) atoms. The average molecular weight is 242 g/mol. The largest absolute Gasteiger partial charge is 0.512 e. The highest BCUT2D eigenvalue weighted by molar-refractivity contribution is 6.04. The molecular formula is C15H14O3. The highest BCUT2D eigenvalue weighted by Crippen LogP contribution is 2.23. The zero-order valence-electron chi connectivity index (χ0n) is 9.78. The summed E-state index contributed by atoms with van der Waals surface area (Å²) < 4.78 is 0. The van der Waals surface area contributed by atoms with Crippen LogP contribution in [-0.2, 0) is 0 Å². The number of allylic oxidation sites excluding steroid dienone is 3. The normalized spacial score (nSPS) is 23.1. The Morgan fingerprint density at radius 3 is 2.67 bits per heavy atom. The Labute approximate surface area is 105 Å². The fraction of sp³-hybridized carbons (Fsp3) is 0.133. The number of benzene rings is 1. The first-order chi connectivity index (χ1) is 8.59. The van der Waals surface area contributed by atoms with Gasteiger partial charge >= 0.3 is 0 Å². The van der Waals surface area contributed by atoms with Gasteiger partial charge in [0.05, 0.1) is 5.76 Å². The van der Waals surface area contributed by atoms with Gasteiger partial charge in [-0.05, 0) is 24.3 Å². The molecule has 0 radical (unpaired) electrons. The van der Waals surface area contributed by atoms with Crippen molar-refractivity contribution in [3.8, 4) is 0 Å². The maximum Gasteiger partial charge on any atom is 0.185 e. The molecule has 0 spiro atoms. The fourth-order valence-electron chi connectivity index (χ4n) is 1.77. The lowest BCUT2D eigenvalue weighted by Gasteiger charge is -2.22. The van der Waals surface area contributed by atoms with Crippen molar-refractivity contribution in [2.75, 3.05) is 0 Å². The van der Waals surface area contributed by atoms with Gasteiger partial charge in [0.2, 0.25) is 0 Å². The first-order valence-electron chi connectivity index (χ1n) is 5.67. The number of aliphatic hydroxyl groups is 2. The number of hydrogen-bond donors (Lipinski definition) is 2. The zero-order chi connectivity index (χ0) is 13.0. The topological polar surface area (TPSA) is 57.5 Å². The maximum atomic E-state index is 11.8. The SMILES string of the molecule is O=C(C=CC1(O)C=CC=C(O)C1)c1ccccc1. The second kappa shape index (κ2) is 5.02. The second-order valence-corrected chi connectivity index (χ2v) is 4.25. The van der Waals surface area contributed by atoms with Gasteiger partial charge in [-0.25, -0.2) is 0 Å². The van der Waals surface area contributed by atoms with E-state index in [9.17, 15) is 15.0 Å². The Bertz CT molecular complexity index is 526. The standard InChI is InChI=1S/C15H14O3/c16-13-7-4-9-15(18,11-13)10-8-14(17)12-5-2-1-3-6-12/h1-10,16,18H,11H2. The van der Waals surface area contributed by atoms with Crippen LogP contribution in [0.4, 0.5) is 0 Å². The molecule has 1 aliphatic rings. The lowest BCUT2D eigenvalue weighted by molar-refractivity contribution is 0.103. The smallest absolute Gasteiger partial charge is 0.185 e. The average Bonchev–Trinajstić information content (AvgIpc) is 2.37. The number of hydrogen-bond acceptors (Lipinski definition) is 3. The second-order valence-electron chi connectivity index (χ2n) is 4.25. The minimum Gasteiger partial charge on any atom is -0.512 e. The zero-order valence-corrected chi connectivity index (χ0v) is 9.78. The molecule has 1 unspecified atom stereocenters. The van der Waals surface area contributed by atoms with E-state index in [1.807, 2.05) is 6.07 Å². The number of aliphatic hydroxyl groups excluding tert-OH is 1. The molecule has 0 aliphatic heterocycles. The monoisotopic (exact) mass is 242 g/mol. The van der Waals surface area contributed by atoms with Crippen LogP contribution >= 0.6 is 0 Å². The Morgan fingerprint density at radius 1 is 1.28 bits per heavy atom. The minimum absolute atomic E-state index is 0.0854. The van der Waals surface area contributed by atoms with Crippen LogP contribution < -0.4 is 0 Å². The third-order valence-corrected chi connectivity index (χ3v) is 2.72. The van der Waals surface area contributed by atoms with E-state index in [-0.39, 0.29) is 18.0 Å². The minimum atomic E-state index is -1.29. The van der Waals surface area contributed by atoms with Gasteiger partial charge in [-0.2, -0.15) is 0 Å². The Kier molecular flexibility index (Phi) is 3.44. The molecule has 0 bridgehead atoms. The number of carbonyl (C=O) groups is 1. The first-order valence-corrected chi connectivity index (χ1v) is 5.67. The Balaban J connectivity index is 2.10. The molecule has 0 amide bonds. The summed E-state index contributed by atoms with van der Waals surface area (Å²) in [4.78, 5) is 11.8. The van der Waals surface area contributed by atoms with Gasteiger partial charge in [-0.15, -0.1) is 0 Å². The van der Waals surface area contributed by atoms with E-state index in [4.69, 9.17) is 0 Å². The van der Waals surface area contributed by atoms with E-state index in [2.05, 4.69) is 0 Å². The fourth-order valence-corrected chi connectivity index (χ4v) is 1.77. The van der Waals surface area contributed by atoms with Crippen molar-refractivity contribution in [3.05, 3.63) is 72.0 Å². The summed E-state index contributed by atoms with van der Waals surface area (Å²) in [6.07, 6.45) is 7.45. The van der Waals surface area contributed by atoms with Crippen molar-refractivity contribution >= 4 is 5.78 Å². The molecule has 3 heteroatoms. The first kappa shape index (κ1) is 12.3. The molecule has 0 fully saturated rings. The molecule has 1 aromatic rings. The highest BCUT2D eigenvalue weighted by atomic mass is 16.3. The van der Waals surface area contributed by atoms with Crippen LogP contribution in [0.2, 0.25) is 0 Å². The molecule has 1 aromatic carbocycles. The molecule has 2 rings (SSSR count). The maximum absolute atomic E-state index is 11.8. The third-order valence-electron chi connectivity index (χ3n) is 2.72. The third kappa shape index (κ3) is 2.96. The van der Waals surface area contributed by atoms with Crippen molar-refractivity contribution in [2.45, 2.75) is 12.0 Å². The van der Waals surface area contributed by atoms with E-state index in [0.29, 0.717) is 5.56 Å². The van der Waals surface area contributed by atoms with Gasteiger partial charge in [0.15, 0.2) is 5.78 Å². The van der Waals surface area contributed by atoms with Gasteiger partial charge in [0, 0.05) is 12.0 Å². The molecule has 0 aromatic heterocycles. The molecule has 3 nitrogen and oxygen atoms in total. The number of rotatable bonds is 3. The summed E-state index contributed by atoms with van der Waals surface area (Å²) in [6, 6.07) is 8.83. The lowest BCUT2D eigenvalue weighted by atomic mass is 9.93. The Hall–Kier alpha value is -2.13. The Morgan fingerprint density at radius 2 is 2.00 bits per heavy atom. The van der Waals surface area contributed by atoms with E-state index >= 15 is 0 Å². The van der Waals surface area contributed by atoms with Crippen LogP contribution in [0, 0.1) is 0 Å². The van der Waals surface area contributed by atoms with Crippen molar-refractivity contribution in [3.63, 3.8) is 0 Å². The van der Waals surface area contributed by atoms with Gasteiger partial charge in [0.25, 0.3) is 0 Å². The predicted molar refractivity (Wildman–Crippen MR) is 69.3 cm³/mol. The highest BCUT2D eigenvalue weighted by Gasteiger charge is 2.24. The summed E-state index contributed by atoms with van der Waals surface area (Å²) in [5.41, 5.74) is -0.722. The summed E-state index contributed by atoms with van der Waals surface area (Å²) >= 11 is 0. The van der Waals surface area contributed by atoms with E-state index in [1.165, 1.54) is 18.2 Å². The molecule has 2 N–H and O–H groups in total. The van der Waals surface area contributed by atoms with Crippen molar-refractivity contribution < 1.29 is 15.0 Å². The van der Waals surface area contributed by atoms with Crippen molar-refractivity contribution in [1.82, 2.24) is 0 Å². The van der Waals surface area contributed by atoms with Crippen LogP contribution in [0.5, 0.6) is 0 Å². The number of ketones is 1. The van der Waals surface area contributed by atoms with Gasteiger partial charge in [0.1, 0.15) is 5.60 Å². The van der Waals surface area contributed by atoms with E-state index < -0.39 is 5.60 Å². The van der Waals surface area contributed by atoms with Gasteiger partial charge in [-0.1, -0.05) is 36.4 Å². The summed E-state index contributed by atoms with van der Waals surface area (Å²) in [5.74, 6) is -0.0803. The quantitative estimate of drug-likeness (QED) is 0.632. The molecule has 0 heterocycles. The van der Waals surface area contributed by atoms with Crippen molar-refractivity contribution in [2.24, 2.45) is 0 Å². The summed E-state index contributed by atoms with van der Waals surface area (Å²) in [5, 5.41) is 19.5. The molecular weight excluding hydrogens is 228 g/mol. The van der Waals surface area contributed by atoms with Gasteiger partial charge in [-0.3, -0.25) is 4.79 Å². The molecule has 1 aliphatic carbocycles. The summed E-state index contributed by atoms with van der Waals surface area (Å²) in [7, 11) is 0. The molecule has 92 valence electrons. The van der Waals surface area contributed by atoms with Crippen LogP contribution in [0.1, 0.15) is 16.8 Å². The van der Waals surface area contributed by atoms with E-state index in [1.54, 1.807) is 36.4 Å².